The maximum absolute atomic E-state index is 11.0. The van der Waals surface area contributed by atoms with E-state index in [4.69, 9.17) is 5.11 Å². The molecule has 0 radical (unpaired) electrons. The van der Waals surface area contributed by atoms with E-state index in [1.165, 1.54) is 0 Å². The van der Waals surface area contributed by atoms with E-state index in [0.29, 0.717) is 6.04 Å². The van der Waals surface area contributed by atoms with Crippen molar-refractivity contribution < 1.29 is 9.90 Å². The largest absolute Gasteiger partial charge is 0.480 e. The van der Waals surface area contributed by atoms with Crippen LogP contribution in [0.25, 0.3) is 0 Å². The molecule has 1 aliphatic rings. The Bertz CT molecular complexity index is 191. The zero-order valence-corrected chi connectivity index (χ0v) is 9.46. The minimum absolute atomic E-state index is 0.354. The van der Waals surface area contributed by atoms with Crippen molar-refractivity contribution in [2.75, 3.05) is 13.1 Å². The van der Waals surface area contributed by atoms with Crippen molar-refractivity contribution in [1.29, 1.82) is 0 Å². The summed E-state index contributed by atoms with van der Waals surface area (Å²) in [5, 5.41) is 15.6. The van der Waals surface area contributed by atoms with Crippen LogP contribution in [0.1, 0.15) is 39.0 Å². The lowest BCUT2D eigenvalue weighted by Gasteiger charge is -2.27. The fourth-order valence-electron chi connectivity index (χ4n) is 1.96. The van der Waals surface area contributed by atoms with Crippen LogP contribution in [0.3, 0.4) is 0 Å². The van der Waals surface area contributed by atoms with Crippen LogP contribution in [0, 0.1) is 0 Å². The molecule has 1 saturated heterocycles. The van der Waals surface area contributed by atoms with Crippen LogP contribution in [-0.4, -0.2) is 36.2 Å². The van der Waals surface area contributed by atoms with Gasteiger partial charge >= 0.3 is 5.97 Å². The van der Waals surface area contributed by atoms with E-state index in [1.807, 2.05) is 0 Å². The lowest BCUT2D eigenvalue weighted by atomic mass is 10.0. The first-order valence-electron chi connectivity index (χ1n) is 5.93. The third-order valence-corrected chi connectivity index (χ3v) is 2.92. The molecule has 1 aliphatic heterocycles. The van der Waals surface area contributed by atoms with Gasteiger partial charge in [-0.2, -0.15) is 0 Å². The van der Waals surface area contributed by atoms with Crippen LogP contribution in [0.15, 0.2) is 0 Å². The standard InChI is InChI=1S/C11H22N2O2/c1-2-3-4-10(11(14)15)13-9-5-7-12-8-6-9/h9-10,12-13H,2-8H2,1H3,(H,14,15)/t10-/m0/s1. The van der Waals surface area contributed by atoms with Crippen molar-refractivity contribution in [1.82, 2.24) is 10.6 Å². The molecule has 15 heavy (non-hydrogen) atoms. The maximum Gasteiger partial charge on any atom is 0.320 e. The van der Waals surface area contributed by atoms with Crippen molar-refractivity contribution in [2.45, 2.75) is 51.1 Å². The highest BCUT2D eigenvalue weighted by Gasteiger charge is 2.21. The Morgan fingerprint density at radius 1 is 1.53 bits per heavy atom. The van der Waals surface area contributed by atoms with E-state index in [-0.39, 0.29) is 6.04 Å². The summed E-state index contributed by atoms with van der Waals surface area (Å²) in [6, 6.07) is 0.0252. The van der Waals surface area contributed by atoms with Crippen molar-refractivity contribution in [2.24, 2.45) is 0 Å². The molecule has 4 nitrogen and oxygen atoms in total. The van der Waals surface area contributed by atoms with Crippen molar-refractivity contribution in [3.63, 3.8) is 0 Å². The molecule has 0 aromatic carbocycles. The second-order valence-corrected chi connectivity index (χ2v) is 4.22. The number of carbonyl (C=O) groups is 1. The topological polar surface area (TPSA) is 61.4 Å². The first-order chi connectivity index (χ1) is 7.24. The Balaban J connectivity index is 2.31. The monoisotopic (exact) mass is 214 g/mol. The molecule has 0 spiro atoms. The van der Waals surface area contributed by atoms with Gasteiger partial charge < -0.3 is 15.7 Å². The van der Waals surface area contributed by atoms with Crippen molar-refractivity contribution in [3.8, 4) is 0 Å². The number of rotatable bonds is 6. The predicted octanol–water partition coefficient (Wildman–Crippen LogP) is 0.971. The number of unbranched alkanes of at least 4 members (excludes halogenated alkanes) is 1. The Morgan fingerprint density at radius 3 is 2.73 bits per heavy atom. The average Bonchev–Trinajstić information content (AvgIpc) is 2.25. The molecule has 0 aliphatic carbocycles. The van der Waals surface area contributed by atoms with Crippen LogP contribution in [-0.2, 0) is 4.79 Å². The molecule has 0 amide bonds. The normalized spacial score (nSPS) is 20.1. The quantitative estimate of drug-likeness (QED) is 0.616. The first-order valence-corrected chi connectivity index (χ1v) is 5.93. The van der Waals surface area contributed by atoms with Gasteiger partial charge in [-0.25, -0.2) is 0 Å². The van der Waals surface area contributed by atoms with Gasteiger partial charge in [-0.05, 0) is 32.4 Å². The molecule has 1 fully saturated rings. The Kier molecular flexibility index (Phi) is 5.65. The minimum atomic E-state index is -0.706. The number of piperidine rings is 1. The second-order valence-electron chi connectivity index (χ2n) is 4.22. The second kappa shape index (κ2) is 6.80. The maximum atomic E-state index is 11.0. The summed E-state index contributed by atoms with van der Waals surface area (Å²) >= 11 is 0. The Labute approximate surface area is 91.4 Å². The SMILES string of the molecule is CCCC[C@H](NC1CCNCC1)C(=O)O. The lowest BCUT2D eigenvalue weighted by molar-refractivity contribution is -0.140. The van der Waals surface area contributed by atoms with E-state index in [9.17, 15) is 4.79 Å². The molecule has 0 aromatic rings. The highest BCUT2D eigenvalue weighted by molar-refractivity contribution is 5.73. The van der Waals surface area contributed by atoms with Crippen LogP contribution >= 0.6 is 0 Å². The number of hydrogen-bond acceptors (Lipinski definition) is 3. The van der Waals surface area contributed by atoms with E-state index in [2.05, 4.69) is 17.6 Å². The first kappa shape index (κ1) is 12.5. The van der Waals surface area contributed by atoms with E-state index >= 15 is 0 Å². The third-order valence-electron chi connectivity index (χ3n) is 2.92. The molecular formula is C11H22N2O2. The van der Waals surface area contributed by atoms with Gasteiger partial charge in [-0.3, -0.25) is 4.79 Å². The third kappa shape index (κ3) is 4.62. The van der Waals surface area contributed by atoms with E-state index < -0.39 is 5.97 Å². The van der Waals surface area contributed by atoms with E-state index in [1.54, 1.807) is 0 Å². The van der Waals surface area contributed by atoms with Crippen LogP contribution in [0.4, 0.5) is 0 Å². The van der Waals surface area contributed by atoms with E-state index in [0.717, 1.165) is 45.2 Å². The summed E-state index contributed by atoms with van der Waals surface area (Å²) < 4.78 is 0. The molecule has 3 N–H and O–H groups in total. The lowest BCUT2D eigenvalue weighted by Crippen LogP contribution is -2.47. The van der Waals surface area contributed by atoms with Gasteiger partial charge in [0.15, 0.2) is 0 Å². The van der Waals surface area contributed by atoms with Crippen LogP contribution < -0.4 is 10.6 Å². The smallest absolute Gasteiger partial charge is 0.320 e. The van der Waals surface area contributed by atoms with Gasteiger partial charge in [0.1, 0.15) is 6.04 Å². The van der Waals surface area contributed by atoms with Gasteiger partial charge in [0.25, 0.3) is 0 Å². The molecule has 88 valence electrons. The molecule has 1 heterocycles. The molecule has 4 heteroatoms. The number of aliphatic carboxylic acids is 1. The summed E-state index contributed by atoms with van der Waals surface area (Å²) in [6.45, 7) is 4.08. The van der Waals surface area contributed by atoms with Gasteiger partial charge in [0.05, 0.1) is 0 Å². The van der Waals surface area contributed by atoms with Gasteiger partial charge in [0, 0.05) is 6.04 Å². The molecular weight excluding hydrogens is 192 g/mol. The number of hydrogen-bond donors (Lipinski definition) is 3. The highest BCUT2D eigenvalue weighted by Crippen LogP contribution is 2.07. The predicted molar refractivity (Wildman–Crippen MR) is 60.0 cm³/mol. The van der Waals surface area contributed by atoms with Gasteiger partial charge in [-0.15, -0.1) is 0 Å². The molecule has 0 saturated carbocycles. The number of nitrogens with one attached hydrogen (secondary N) is 2. The number of carboxylic acids is 1. The average molecular weight is 214 g/mol. The zero-order valence-electron chi connectivity index (χ0n) is 9.46. The Hall–Kier alpha value is -0.610. The summed E-state index contributed by atoms with van der Waals surface area (Å²) in [5.41, 5.74) is 0. The molecule has 1 atom stereocenters. The summed E-state index contributed by atoms with van der Waals surface area (Å²) in [6.07, 6.45) is 4.86. The summed E-state index contributed by atoms with van der Waals surface area (Å²) in [5.74, 6) is -0.706. The fraction of sp³-hybridized carbons (Fsp3) is 0.909. The van der Waals surface area contributed by atoms with Crippen LogP contribution in [0.2, 0.25) is 0 Å². The van der Waals surface area contributed by atoms with Crippen LogP contribution in [0.5, 0.6) is 0 Å². The number of carboxylic acid groups (broad SMARTS) is 1. The molecule has 0 unspecified atom stereocenters. The Morgan fingerprint density at radius 2 is 2.20 bits per heavy atom. The summed E-state index contributed by atoms with van der Waals surface area (Å²) in [7, 11) is 0. The van der Waals surface area contributed by atoms with Gasteiger partial charge in [0.2, 0.25) is 0 Å². The summed E-state index contributed by atoms with van der Waals surface area (Å²) in [4.78, 5) is 11.0. The minimum Gasteiger partial charge on any atom is -0.480 e. The molecule has 0 bridgehead atoms. The van der Waals surface area contributed by atoms with Crippen molar-refractivity contribution >= 4 is 5.97 Å². The molecule has 1 rings (SSSR count). The molecule has 0 aromatic heterocycles. The zero-order chi connectivity index (χ0) is 11.1. The van der Waals surface area contributed by atoms with Gasteiger partial charge in [-0.1, -0.05) is 19.8 Å². The fourth-order valence-corrected chi connectivity index (χ4v) is 1.96. The van der Waals surface area contributed by atoms with Crippen molar-refractivity contribution in [3.05, 3.63) is 0 Å². The highest BCUT2D eigenvalue weighted by atomic mass is 16.4.